The molecule has 0 saturated carbocycles. The van der Waals surface area contributed by atoms with Crippen LogP contribution in [0.5, 0.6) is 0 Å². The maximum absolute atomic E-state index is 11.3. The van der Waals surface area contributed by atoms with Gasteiger partial charge in [-0.15, -0.1) is 0 Å². The van der Waals surface area contributed by atoms with E-state index in [1.807, 2.05) is 0 Å². The van der Waals surface area contributed by atoms with Crippen molar-refractivity contribution in [2.24, 2.45) is 0 Å². The number of carboxylic acid groups (broad SMARTS) is 3. The topological polar surface area (TPSA) is 227 Å². The van der Waals surface area contributed by atoms with E-state index < -0.39 is 89.2 Å². The Morgan fingerprint density at radius 3 is 0.522 bits per heavy atom. The number of carbonyl (C=O) groups is 6. The maximum atomic E-state index is 11.3. The molecule has 0 aliphatic carbocycles. The van der Waals surface area contributed by atoms with Gasteiger partial charge < -0.3 is 58.1 Å². The molecule has 15 nitrogen and oxygen atoms in total. The van der Waals surface area contributed by atoms with Crippen LogP contribution in [0.4, 0.5) is 0 Å². The average Bonchev–Trinajstić information content (AvgIpc) is 2.80. The summed E-state index contributed by atoms with van der Waals surface area (Å²) < 4.78 is 30.2. The van der Waals surface area contributed by atoms with E-state index >= 15 is 0 Å². The van der Waals surface area contributed by atoms with Gasteiger partial charge in [-0.3, -0.25) is 14.4 Å². The van der Waals surface area contributed by atoms with Crippen molar-refractivity contribution in [3.05, 3.63) is 0 Å². The normalized spacial score (nSPS) is 11.9. The number of rotatable bonds is 18. The minimum Gasteiger partial charge on any atom is -0.544 e. The molecule has 0 saturated heterocycles. The minimum absolute atomic E-state index is 0. The van der Waals surface area contributed by atoms with Crippen LogP contribution >= 0.6 is 0 Å². The first-order valence-corrected chi connectivity index (χ1v) is 14.4. The van der Waals surface area contributed by atoms with E-state index in [-0.39, 0.29) is 17.4 Å². The Bertz CT molecular complexity index is 785. The summed E-state index contributed by atoms with van der Waals surface area (Å²) >= 11 is 0. The Labute approximate surface area is 282 Å². The fraction of sp³-hybridized carbons (Fsp3) is 0.800. The number of ether oxygens (including phenoxy) is 6. The van der Waals surface area contributed by atoms with E-state index in [1.54, 1.807) is 83.1 Å². The smallest absolute Gasteiger partial charge is 0.544 e. The third kappa shape index (κ3) is 17.0. The third-order valence-electron chi connectivity index (χ3n) is 4.61. The number of hydrogen-bond acceptors (Lipinski definition) is 15. The zero-order valence-electron chi connectivity index (χ0n) is 29.7. The van der Waals surface area contributed by atoms with Crippen molar-refractivity contribution in [2.45, 2.75) is 158 Å². The van der Waals surface area contributed by atoms with E-state index in [1.165, 1.54) is 0 Å². The van der Waals surface area contributed by atoms with Gasteiger partial charge in [0.25, 0.3) is 17.4 Å². The molecule has 46 heavy (non-hydrogen) atoms. The Kier molecular flexibility index (Phi) is 24.5. The van der Waals surface area contributed by atoms with Gasteiger partial charge in [0, 0.05) is 20.8 Å². The first kappa shape index (κ1) is 50.6. The predicted molar refractivity (Wildman–Crippen MR) is 158 cm³/mol. The number of Topliss-reactive ketones (excluding diaryl/α,β-unsaturated/α-hetero) is 3. The van der Waals surface area contributed by atoms with Crippen molar-refractivity contribution in [3.63, 3.8) is 0 Å². The zero-order chi connectivity index (χ0) is 36.7. The van der Waals surface area contributed by atoms with E-state index in [0.29, 0.717) is 0 Å². The molecule has 0 unspecified atom stereocenters. The first-order chi connectivity index (χ1) is 20.2. The summed E-state index contributed by atoms with van der Waals surface area (Å²) in [5.41, 5.74) is 0. The summed E-state index contributed by atoms with van der Waals surface area (Å²) in [6, 6.07) is 0. The summed E-state index contributed by atoms with van der Waals surface area (Å²) in [4.78, 5) is 66.8. The average molecular weight is 679 g/mol. The van der Waals surface area contributed by atoms with Crippen LogP contribution in [0.3, 0.4) is 0 Å². The molecule has 0 heterocycles. The summed E-state index contributed by atoms with van der Waals surface area (Å²) in [5, 5.41) is 32.9. The number of ketones is 3. The van der Waals surface area contributed by atoms with Gasteiger partial charge >= 0.3 is 17.4 Å². The Balaban J connectivity index is -0.000000285. The summed E-state index contributed by atoms with van der Waals surface area (Å²) in [6.07, 6.45) is -2.72. The van der Waals surface area contributed by atoms with E-state index in [2.05, 4.69) is 0 Å². The van der Waals surface area contributed by atoms with E-state index in [4.69, 9.17) is 28.4 Å². The van der Waals surface area contributed by atoms with Crippen LogP contribution in [-0.2, 0) is 57.2 Å². The molecule has 0 aromatic heterocycles. The molecule has 0 aliphatic heterocycles. The van der Waals surface area contributed by atoms with Crippen molar-refractivity contribution in [1.29, 1.82) is 0 Å². The number of hydrogen-bond donors (Lipinski definition) is 0. The van der Waals surface area contributed by atoms with Gasteiger partial charge in [0.15, 0.2) is 17.3 Å². The van der Waals surface area contributed by atoms with Gasteiger partial charge in [-0.05, 0) is 83.1 Å². The van der Waals surface area contributed by atoms with Crippen LogP contribution in [-0.4, -0.2) is 107 Å². The molecule has 0 N–H and O–H groups in total. The Hall–Kier alpha value is -2.29. The molecule has 264 valence electrons. The fourth-order valence-corrected chi connectivity index (χ4v) is 3.29. The van der Waals surface area contributed by atoms with Crippen molar-refractivity contribution in [1.82, 2.24) is 0 Å². The van der Waals surface area contributed by atoms with E-state index in [9.17, 15) is 44.1 Å². The van der Waals surface area contributed by atoms with Crippen molar-refractivity contribution in [3.8, 4) is 0 Å². The summed E-state index contributed by atoms with van der Waals surface area (Å²) in [6.45, 7) is 22.7. The minimum atomic E-state index is -2.29. The van der Waals surface area contributed by atoms with Crippen molar-refractivity contribution in [2.75, 3.05) is 0 Å². The van der Waals surface area contributed by atoms with Crippen LogP contribution in [0, 0.1) is 0 Å². The zero-order valence-corrected chi connectivity index (χ0v) is 30.8. The molecule has 0 spiro atoms. The van der Waals surface area contributed by atoms with Crippen molar-refractivity contribution >= 4 is 52.6 Å². The quantitative estimate of drug-likeness (QED) is 0.0985. The number of carbonyl (C=O) groups excluding carboxylic acids is 6. The largest absolute Gasteiger partial charge is 3.00 e. The molecule has 0 rings (SSSR count). The second-order valence-electron chi connectivity index (χ2n) is 11.4. The van der Waals surface area contributed by atoms with Crippen LogP contribution in [0.25, 0.3) is 0 Å². The summed E-state index contributed by atoms with van der Waals surface area (Å²) in [7, 11) is 0. The van der Waals surface area contributed by atoms with Gasteiger partial charge in [0.1, 0.15) is 17.9 Å². The molecule has 0 aromatic carbocycles. The Morgan fingerprint density at radius 2 is 0.478 bits per heavy atom. The van der Waals surface area contributed by atoms with Crippen LogP contribution < -0.4 is 15.3 Å². The van der Waals surface area contributed by atoms with E-state index in [0.717, 1.165) is 20.8 Å². The molecule has 0 radical (unpaired) electrons. The molecule has 0 bridgehead atoms. The van der Waals surface area contributed by atoms with Crippen LogP contribution in [0.2, 0.25) is 0 Å². The van der Waals surface area contributed by atoms with Gasteiger partial charge in [-0.2, -0.15) is 0 Å². The first-order valence-electron chi connectivity index (χ1n) is 14.4. The maximum Gasteiger partial charge on any atom is 3.00 e. The van der Waals surface area contributed by atoms with Gasteiger partial charge in [0.05, 0.1) is 36.6 Å². The molecular formula is C30H51AlO15. The summed E-state index contributed by atoms with van der Waals surface area (Å²) in [5.74, 6) is -14.1. The second-order valence-corrected chi connectivity index (χ2v) is 11.4. The van der Waals surface area contributed by atoms with Gasteiger partial charge in [-0.1, -0.05) is 0 Å². The van der Waals surface area contributed by atoms with Crippen LogP contribution in [0.15, 0.2) is 0 Å². The third-order valence-corrected chi connectivity index (χ3v) is 4.61. The van der Waals surface area contributed by atoms with Crippen LogP contribution in [0.1, 0.15) is 104 Å². The molecule has 16 heteroatoms. The monoisotopic (exact) mass is 678 g/mol. The Morgan fingerprint density at radius 1 is 0.370 bits per heavy atom. The number of carboxylic acids is 3. The molecule has 0 aliphatic rings. The fourth-order valence-electron chi connectivity index (χ4n) is 3.29. The van der Waals surface area contributed by atoms with Crippen molar-refractivity contribution < 1.29 is 72.5 Å². The predicted octanol–water partition coefficient (Wildman–Crippen LogP) is -0.766. The molecule has 0 fully saturated rings. The molecular weight excluding hydrogens is 627 g/mol. The van der Waals surface area contributed by atoms with Gasteiger partial charge in [-0.25, -0.2) is 0 Å². The SMILES string of the molecule is CC(=O)C(OC(C)C)(OC(C)C)C(=O)[O-].CC(=O)C(OC(C)C)(OC(C)C)C(=O)[O-].CC(=O)C(OC(C)C)(OC(C)C)C(=O)[O-].[Al+3]. The molecule has 0 atom stereocenters. The molecule has 0 aromatic rings. The second kappa shape index (κ2) is 22.3. The number of aliphatic carboxylic acids is 3. The standard InChI is InChI=1S/3C10H18O5.Al/c3*1-6(2)14-10(8(5)11,9(12)13)15-7(3)4;/h3*6-7H,1-5H3,(H,12,13);/q;;;+3/p-3. The molecule has 0 amide bonds. The van der Waals surface area contributed by atoms with Gasteiger partial charge in [0.2, 0.25) is 0 Å².